The van der Waals surface area contributed by atoms with Gasteiger partial charge in [0.25, 0.3) is 0 Å². The molecule has 2 aromatic carbocycles. The molecule has 104 valence electrons. The third kappa shape index (κ3) is 2.64. The van der Waals surface area contributed by atoms with Gasteiger partial charge in [-0.25, -0.2) is 0 Å². The van der Waals surface area contributed by atoms with Gasteiger partial charge in [0, 0.05) is 18.6 Å². The van der Waals surface area contributed by atoms with E-state index in [9.17, 15) is 0 Å². The van der Waals surface area contributed by atoms with Gasteiger partial charge in [-0.15, -0.1) is 0 Å². The lowest BCUT2D eigenvalue weighted by Crippen LogP contribution is -2.36. The lowest BCUT2D eigenvalue weighted by atomic mass is 10.0. The van der Waals surface area contributed by atoms with E-state index in [0.29, 0.717) is 12.1 Å². The largest absolute Gasteiger partial charge is 0.293 e. The standard InChI is InChI=1S/C19H23N/c1-15-14-19-11-7-6-10-18(19)12-13-20(15)16(2)17-8-4-3-5-9-17/h3-11,15-16H,12-14H2,1-2H3/t15-,16+/m0/s1. The molecule has 2 aromatic rings. The van der Waals surface area contributed by atoms with Gasteiger partial charge >= 0.3 is 0 Å². The van der Waals surface area contributed by atoms with E-state index in [1.165, 1.54) is 16.7 Å². The third-order valence-corrected chi connectivity index (χ3v) is 4.62. The molecular formula is C19H23N. The highest BCUT2D eigenvalue weighted by molar-refractivity contribution is 5.30. The molecule has 20 heavy (non-hydrogen) atoms. The molecule has 1 nitrogen and oxygen atoms in total. The van der Waals surface area contributed by atoms with Gasteiger partial charge in [-0.05, 0) is 43.4 Å². The van der Waals surface area contributed by atoms with Crippen molar-refractivity contribution in [3.63, 3.8) is 0 Å². The van der Waals surface area contributed by atoms with Crippen LogP contribution in [0.5, 0.6) is 0 Å². The maximum Gasteiger partial charge on any atom is 0.0322 e. The summed E-state index contributed by atoms with van der Waals surface area (Å²) in [4.78, 5) is 2.65. The molecule has 0 bridgehead atoms. The minimum Gasteiger partial charge on any atom is -0.293 e. The second-order valence-electron chi connectivity index (χ2n) is 5.90. The Kier molecular flexibility index (Phi) is 3.88. The van der Waals surface area contributed by atoms with Crippen LogP contribution in [-0.2, 0) is 12.8 Å². The molecule has 0 N–H and O–H groups in total. The molecule has 0 aliphatic carbocycles. The van der Waals surface area contributed by atoms with Crippen molar-refractivity contribution < 1.29 is 0 Å². The summed E-state index contributed by atoms with van der Waals surface area (Å²) in [7, 11) is 0. The van der Waals surface area contributed by atoms with Crippen molar-refractivity contribution in [1.82, 2.24) is 4.90 Å². The van der Waals surface area contributed by atoms with Crippen molar-refractivity contribution in [2.75, 3.05) is 6.54 Å². The number of rotatable bonds is 2. The maximum absolute atomic E-state index is 2.65. The van der Waals surface area contributed by atoms with Crippen LogP contribution < -0.4 is 0 Å². The van der Waals surface area contributed by atoms with Crippen molar-refractivity contribution in [2.45, 2.75) is 38.8 Å². The first-order valence-electron chi connectivity index (χ1n) is 7.63. The molecule has 0 aromatic heterocycles. The Morgan fingerprint density at radius 2 is 1.60 bits per heavy atom. The van der Waals surface area contributed by atoms with Gasteiger partial charge in [0.15, 0.2) is 0 Å². The number of benzene rings is 2. The van der Waals surface area contributed by atoms with Crippen LogP contribution in [0.15, 0.2) is 54.6 Å². The predicted molar refractivity (Wildman–Crippen MR) is 84.9 cm³/mol. The lowest BCUT2D eigenvalue weighted by molar-refractivity contribution is 0.160. The molecule has 0 fully saturated rings. The fourth-order valence-corrected chi connectivity index (χ4v) is 3.40. The number of hydrogen-bond donors (Lipinski definition) is 0. The fraction of sp³-hybridized carbons (Fsp3) is 0.368. The quantitative estimate of drug-likeness (QED) is 0.785. The zero-order valence-electron chi connectivity index (χ0n) is 12.4. The summed E-state index contributed by atoms with van der Waals surface area (Å²) in [6.45, 7) is 5.84. The van der Waals surface area contributed by atoms with Crippen LogP contribution in [0, 0.1) is 0 Å². The zero-order valence-corrected chi connectivity index (χ0v) is 12.4. The fourth-order valence-electron chi connectivity index (χ4n) is 3.40. The van der Waals surface area contributed by atoms with Crippen LogP contribution in [0.2, 0.25) is 0 Å². The Morgan fingerprint density at radius 1 is 0.950 bits per heavy atom. The van der Waals surface area contributed by atoms with Crippen LogP contribution >= 0.6 is 0 Å². The Morgan fingerprint density at radius 3 is 2.35 bits per heavy atom. The molecule has 0 saturated heterocycles. The normalized spacial score (nSPS) is 21.0. The second-order valence-corrected chi connectivity index (χ2v) is 5.90. The number of fused-ring (bicyclic) bond motifs is 1. The average Bonchev–Trinajstić information content (AvgIpc) is 2.66. The van der Waals surface area contributed by atoms with E-state index in [1.807, 2.05) is 0 Å². The topological polar surface area (TPSA) is 3.24 Å². The molecule has 1 heteroatoms. The van der Waals surface area contributed by atoms with Crippen molar-refractivity contribution in [3.05, 3.63) is 71.3 Å². The van der Waals surface area contributed by atoms with Crippen LogP contribution in [0.25, 0.3) is 0 Å². The summed E-state index contributed by atoms with van der Waals surface area (Å²) < 4.78 is 0. The maximum atomic E-state index is 2.65. The van der Waals surface area contributed by atoms with Gasteiger partial charge in [-0.3, -0.25) is 4.90 Å². The highest BCUT2D eigenvalue weighted by atomic mass is 15.2. The molecule has 0 amide bonds. The average molecular weight is 265 g/mol. The lowest BCUT2D eigenvalue weighted by Gasteiger charge is -2.33. The van der Waals surface area contributed by atoms with E-state index in [-0.39, 0.29) is 0 Å². The summed E-state index contributed by atoms with van der Waals surface area (Å²) in [5, 5.41) is 0. The first-order valence-corrected chi connectivity index (χ1v) is 7.63. The number of nitrogens with zero attached hydrogens (tertiary/aromatic N) is 1. The van der Waals surface area contributed by atoms with E-state index in [2.05, 4.69) is 73.3 Å². The zero-order chi connectivity index (χ0) is 13.9. The summed E-state index contributed by atoms with van der Waals surface area (Å²) in [5.41, 5.74) is 4.48. The monoisotopic (exact) mass is 265 g/mol. The van der Waals surface area contributed by atoms with Gasteiger partial charge in [0.1, 0.15) is 0 Å². The van der Waals surface area contributed by atoms with Gasteiger partial charge in [-0.2, -0.15) is 0 Å². The van der Waals surface area contributed by atoms with Crippen LogP contribution in [0.3, 0.4) is 0 Å². The van der Waals surface area contributed by atoms with Gasteiger partial charge in [0.05, 0.1) is 0 Å². The molecule has 3 rings (SSSR count). The van der Waals surface area contributed by atoms with Crippen molar-refractivity contribution in [3.8, 4) is 0 Å². The molecule has 1 heterocycles. The molecule has 0 saturated carbocycles. The van der Waals surface area contributed by atoms with Gasteiger partial charge in [-0.1, -0.05) is 54.6 Å². The highest BCUT2D eigenvalue weighted by Crippen LogP contribution is 2.27. The van der Waals surface area contributed by atoms with Crippen molar-refractivity contribution in [1.29, 1.82) is 0 Å². The first kappa shape index (κ1) is 13.4. The SMILES string of the molecule is C[C@H](c1ccccc1)N1CCc2ccccc2C[C@@H]1C. The minimum atomic E-state index is 0.487. The third-order valence-electron chi connectivity index (χ3n) is 4.62. The summed E-state index contributed by atoms with van der Waals surface area (Å²) in [5.74, 6) is 0. The van der Waals surface area contributed by atoms with Crippen LogP contribution in [0.1, 0.15) is 36.6 Å². The van der Waals surface area contributed by atoms with E-state index >= 15 is 0 Å². The van der Waals surface area contributed by atoms with Crippen molar-refractivity contribution >= 4 is 0 Å². The summed E-state index contributed by atoms with van der Waals surface area (Å²) in [6, 6.07) is 20.9. The first-order chi connectivity index (χ1) is 9.75. The molecule has 2 atom stereocenters. The minimum absolute atomic E-state index is 0.487. The Labute approximate surface area is 122 Å². The molecule has 1 aliphatic rings. The Hall–Kier alpha value is -1.60. The van der Waals surface area contributed by atoms with Crippen molar-refractivity contribution in [2.24, 2.45) is 0 Å². The van der Waals surface area contributed by atoms with E-state index < -0.39 is 0 Å². The van der Waals surface area contributed by atoms with E-state index in [1.54, 1.807) is 0 Å². The Bertz CT molecular complexity index is 561. The predicted octanol–water partition coefficient (Wildman–Crippen LogP) is 4.24. The molecule has 0 unspecified atom stereocenters. The molecule has 0 spiro atoms. The smallest absolute Gasteiger partial charge is 0.0322 e. The van der Waals surface area contributed by atoms with Gasteiger partial charge in [0.2, 0.25) is 0 Å². The molecule has 0 radical (unpaired) electrons. The molecule has 1 aliphatic heterocycles. The van der Waals surface area contributed by atoms with E-state index in [0.717, 1.165) is 19.4 Å². The summed E-state index contributed by atoms with van der Waals surface area (Å²) >= 11 is 0. The Balaban J connectivity index is 1.82. The van der Waals surface area contributed by atoms with Crippen LogP contribution in [-0.4, -0.2) is 17.5 Å². The van der Waals surface area contributed by atoms with Gasteiger partial charge < -0.3 is 0 Å². The highest BCUT2D eigenvalue weighted by Gasteiger charge is 2.24. The van der Waals surface area contributed by atoms with E-state index in [4.69, 9.17) is 0 Å². The molecular weight excluding hydrogens is 242 g/mol. The summed E-state index contributed by atoms with van der Waals surface area (Å²) in [6.07, 6.45) is 2.32. The van der Waals surface area contributed by atoms with Crippen LogP contribution in [0.4, 0.5) is 0 Å². The number of hydrogen-bond acceptors (Lipinski definition) is 1. The second kappa shape index (κ2) is 5.80.